The van der Waals surface area contributed by atoms with Gasteiger partial charge < -0.3 is 29.3 Å². The topological polar surface area (TPSA) is 99.5 Å². The van der Waals surface area contributed by atoms with Crippen LogP contribution in [-0.4, -0.2) is 60.3 Å². The van der Waals surface area contributed by atoms with Crippen molar-refractivity contribution in [1.82, 2.24) is 15.0 Å². The van der Waals surface area contributed by atoms with Gasteiger partial charge in [-0.3, -0.25) is 4.79 Å². The summed E-state index contributed by atoms with van der Waals surface area (Å²) in [6.45, 7) is 5.06. The van der Waals surface area contributed by atoms with Gasteiger partial charge >= 0.3 is 0 Å². The van der Waals surface area contributed by atoms with Crippen molar-refractivity contribution in [3.05, 3.63) is 54.6 Å². The van der Waals surface area contributed by atoms with Crippen LogP contribution in [-0.2, 0) is 4.74 Å². The number of anilines is 3. The number of hydrogen-bond acceptors (Lipinski definition) is 8. The number of piperidine rings is 1. The van der Waals surface area contributed by atoms with E-state index in [9.17, 15) is 4.79 Å². The molecular weight excluding hydrogens is 500 g/mol. The van der Waals surface area contributed by atoms with Crippen LogP contribution in [0.5, 0.6) is 0 Å². The number of furan rings is 1. The van der Waals surface area contributed by atoms with E-state index >= 15 is 0 Å². The number of aromatic nitrogens is 3. The molecule has 4 aromatic heterocycles. The van der Waals surface area contributed by atoms with Crippen LogP contribution < -0.4 is 15.1 Å². The average Bonchev–Trinajstić information content (AvgIpc) is 3.72. The van der Waals surface area contributed by atoms with Crippen LogP contribution in [0.3, 0.4) is 0 Å². The van der Waals surface area contributed by atoms with Crippen LogP contribution in [0.1, 0.15) is 29.8 Å². The smallest absolute Gasteiger partial charge is 0.291 e. The molecule has 10 heteroatoms. The van der Waals surface area contributed by atoms with E-state index in [2.05, 4.69) is 37.2 Å². The number of rotatable bonds is 5. The van der Waals surface area contributed by atoms with Crippen LogP contribution in [0.2, 0.25) is 0 Å². The van der Waals surface area contributed by atoms with Gasteiger partial charge in [-0.05, 0) is 55.7 Å². The second-order valence-corrected chi connectivity index (χ2v) is 10.7. The number of amides is 1. The average molecular weight is 529 g/mol. The van der Waals surface area contributed by atoms with E-state index in [4.69, 9.17) is 14.1 Å². The normalized spacial score (nSPS) is 16.4. The standard InChI is InChI=1S/C28H28N6O3S/c35-27(24-5-4-23(37-24)19-14-18-6-7-29-26(18)30-17-19)31-20-16-25-21(15-22(20)33-8-2-1-3-9-33)32-28(38-25)34-10-12-36-13-11-34/h4-7,14-17H,1-3,8-13H2,(H,29,30)(H,31,35). The Morgan fingerprint density at radius 1 is 1.00 bits per heavy atom. The largest absolute Gasteiger partial charge is 0.451 e. The van der Waals surface area contributed by atoms with Gasteiger partial charge in [0.25, 0.3) is 5.91 Å². The maximum Gasteiger partial charge on any atom is 0.291 e. The van der Waals surface area contributed by atoms with E-state index in [0.717, 1.165) is 95.6 Å². The van der Waals surface area contributed by atoms with Gasteiger partial charge in [0, 0.05) is 49.5 Å². The summed E-state index contributed by atoms with van der Waals surface area (Å²) in [6.07, 6.45) is 7.12. The number of nitrogens with zero attached hydrogens (tertiary/aromatic N) is 4. The second kappa shape index (κ2) is 9.77. The molecule has 2 aliphatic rings. The molecule has 0 spiro atoms. The van der Waals surface area contributed by atoms with Crippen molar-refractivity contribution in [3.8, 4) is 11.3 Å². The van der Waals surface area contributed by atoms with E-state index < -0.39 is 0 Å². The second-order valence-electron chi connectivity index (χ2n) is 9.74. The Kier molecular flexibility index (Phi) is 5.98. The highest BCUT2D eigenvalue weighted by Crippen LogP contribution is 2.38. The fourth-order valence-corrected chi connectivity index (χ4v) is 6.25. The SMILES string of the molecule is O=C(Nc1cc2sc(N3CCOCC3)nc2cc1N1CCCCC1)c1ccc(-c2cnc3[nH]ccc3c2)o1. The molecule has 1 aromatic carbocycles. The Balaban J connectivity index is 1.19. The van der Waals surface area contributed by atoms with Gasteiger partial charge in [-0.15, -0.1) is 0 Å². The third kappa shape index (κ3) is 4.39. The van der Waals surface area contributed by atoms with E-state index in [0.29, 0.717) is 5.76 Å². The first kappa shape index (κ1) is 23.2. The Morgan fingerprint density at radius 3 is 2.74 bits per heavy atom. The molecule has 0 saturated carbocycles. The molecule has 2 saturated heterocycles. The predicted octanol–water partition coefficient (Wildman–Crippen LogP) is 5.51. The highest BCUT2D eigenvalue weighted by Gasteiger charge is 2.22. The molecule has 2 N–H and O–H groups in total. The third-order valence-corrected chi connectivity index (χ3v) is 8.31. The van der Waals surface area contributed by atoms with Crippen LogP contribution >= 0.6 is 11.3 Å². The molecule has 38 heavy (non-hydrogen) atoms. The van der Waals surface area contributed by atoms with Crippen molar-refractivity contribution >= 4 is 55.0 Å². The van der Waals surface area contributed by atoms with Crippen molar-refractivity contribution in [1.29, 1.82) is 0 Å². The number of nitrogens with one attached hydrogen (secondary N) is 2. The Bertz CT molecular complexity index is 1610. The molecule has 0 unspecified atom stereocenters. The number of thiazole rings is 1. The number of hydrogen-bond donors (Lipinski definition) is 2. The number of benzene rings is 1. The van der Waals surface area contributed by atoms with Gasteiger partial charge in [-0.1, -0.05) is 11.3 Å². The molecule has 0 radical (unpaired) electrons. The fraction of sp³-hybridized carbons (Fsp3) is 0.321. The molecule has 2 fully saturated rings. The van der Waals surface area contributed by atoms with Gasteiger partial charge in [0.15, 0.2) is 10.9 Å². The molecule has 2 aliphatic heterocycles. The number of pyridine rings is 1. The zero-order chi connectivity index (χ0) is 25.5. The lowest BCUT2D eigenvalue weighted by molar-refractivity contribution is 0.0997. The molecular formula is C28H28N6O3S. The minimum absolute atomic E-state index is 0.261. The summed E-state index contributed by atoms with van der Waals surface area (Å²) in [5.74, 6) is 0.592. The number of ether oxygens (including phenoxy) is 1. The first-order chi connectivity index (χ1) is 18.7. The van der Waals surface area contributed by atoms with Crippen molar-refractivity contribution in [3.63, 3.8) is 0 Å². The van der Waals surface area contributed by atoms with Crippen LogP contribution in [0.15, 0.2) is 53.2 Å². The summed E-state index contributed by atoms with van der Waals surface area (Å²) in [6, 6.07) is 11.7. The first-order valence-corrected chi connectivity index (χ1v) is 13.9. The molecule has 1 amide bonds. The maximum atomic E-state index is 13.4. The quantitative estimate of drug-likeness (QED) is 0.310. The Morgan fingerprint density at radius 2 is 1.87 bits per heavy atom. The fourth-order valence-electron chi connectivity index (χ4n) is 5.21. The van der Waals surface area contributed by atoms with E-state index in [1.165, 1.54) is 6.42 Å². The van der Waals surface area contributed by atoms with Gasteiger partial charge in [-0.2, -0.15) is 0 Å². The molecule has 194 valence electrons. The minimum atomic E-state index is -0.276. The highest BCUT2D eigenvalue weighted by atomic mass is 32.1. The van der Waals surface area contributed by atoms with Crippen molar-refractivity contribution in [2.45, 2.75) is 19.3 Å². The van der Waals surface area contributed by atoms with Gasteiger partial charge in [-0.25, -0.2) is 9.97 Å². The third-order valence-electron chi connectivity index (χ3n) is 7.24. The van der Waals surface area contributed by atoms with Crippen LogP contribution in [0.25, 0.3) is 32.6 Å². The Labute approximate surface area is 223 Å². The maximum absolute atomic E-state index is 13.4. The number of morpholine rings is 1. The Hall–Kier alpha value is -3.89. The predicted molar refractivity (Wildman–Crippen MR) is 150 cm³/mol. The molecule has 0 atom stereocenters. The summed E-state index contributed by atoms with van der Waals surface area (Å²) >= 11 is 1.66. The first-order valence-electron chi connectivity index (χ1n) is 13.1. The van der Waals surface area contributed by atoms with Crippen molar-refractivity contribution < 1.29 is 13.9 Å². The molecule has 6 heterocycles. The van der Waals surface area contributed by atoms with E-state index in [-0.39, 0.29) is 11.7 Å². The zero-order valence-corrected chi connectivity index (χ0v) is 21.7. The lowest BCUT2D eigenvalue weighted by atomic mass is 10.1. The number of aromatic amines is 1. The van der Waals surface area contributed by atoms with Gasteiger partial charge in [0.1, 0.15) is 11.4 Å². The van der Waals surface area contributed by atoms with E-state index in [1.807, 2.05) is 24.4 Å². The van der Waals surface area contributed by atoms with Gasteiger partial charge in [0.05, 0.1) is 34.8 Å². The zero-order valence-electron chi connectivity index (χ0n) is 20.9. The number of carbonyl (C=O) groups is 1. The summed E-state index contributed by atoms with van der Waals surface area (Å²) in [5.41, 5.74) is 4.40. The van der Waals surface area contributed by atoms with Crippen molar-refractivity contribution in [2.75, 3.05) is 54.5 Å². The van der Waals surface area contributed by atoms with Crippen molar-refractivity contribution in [2.24, 2.45) is 0 Å². The van der Waals surface area contributed by atoms with Crippen LogP contribution in [0.4, 0.5) is 16.5 Å². The van der Waals surface area contributed by atoms with Crippen LogP contribution in [0, 0.1) is 0 Å². The molecule has 5 aromatic rings. The number of carbonyl (C=O) groups excluding carboxylic acids is 1. The molecule has 0 aliphatic carbocycles. The lowest BCUT2D eigenvalue weighted by Crippen LogP contribution is -2.36. The minimum Gasteiger partial charge on any atom is -0.451 e. The summed E-state index contributed by atoms with van der Waals surface area (Å²) < 4.78 is 12.5. The molecule has 0 bridgehead atoms. The highest BCUT2D eigenvalue weighted by molar-refractivity contribution is 7.22. The number of H-pyrrole nitrogens is 1. The summed E-state index contributed by atoms with van der Waals surface area (Å²) in [7, 11) is 0. The molecule has 9 nitrogen and oxygen atoms in total. The van der Waals surface area contributed by atoms with Gasteiger partial charge in [0.2, 0.25) is 0 Å². The number of fused-ring (bicyclic) bond motifs is 2. The molecule has 7 rings (SSSR count). The summed E-state index contributed by atoms with van der Waals surface area (Å²) in [5, 5.41) is 5.14. The lowest BCUT2D eigenvalue weighted by Gasteiger charge is -2.30. The monoisotopic (exact) mass is 528 g/mol. The summed E-state index contributed by atoms with van der Waals surface area (Å²) in [4.78, 5) is 30.5. The van der Waals surface area contributed by atoms with E-state index in [1.54, 1.807) is 23.6 Å².